The van der Waals surface area contributed by atoms with Gasteiger partial charge in [0.05, 0.1) is 24.2 Å². The molecule has 0 aliphatic rings. The Hall–Kier alpha value is -3.13. The molecule has 0 heterocycles. The van der Waals surface area contributed by atoms with E-state index in [4.69, 9.17) is 18.9 Å². The third kappa shape index (κ3) is 5.18. The van der Waals surface area contributed by atoms with Gasteiger partial charge in [-0.15, -0.1) is 0 Å². The van der Waals surface area contributed by atoms with Crippen LogP contribution < -0.4 is 9.47 Å². The highest BCUT2D eigenvalue weighted by Gasteiger charge is 2.13. The molecule has 2 rings (SSSR count). The van der Waals surface area contributed by atoms with Crippen molar-refractivity contribution in [2.24, 2.45) is 0 Å². The van der Waals surface area contributed by atoms with E-state index in [1.807, 2.05) is 6.92 Å². The van der Waals surface area contributed by atoms with Gasteiger partial charge in [0.2, 0.25) is 0 Å². The molecule has 26 heavy (non-hydrogen) atoms. The first kappa shape index (κ1) is 19.2. The summed E-state index contributed by atoms with van der Waals surface area (Å²) < 4.78 is 21.2. The number of hydrogen-bond acceptors (Lipinski definition) is 7. The van der Waals surface area contributed by atoms with Crippen LogP contribution in [0.1, 0.15) is 17.3 Å². The number of carbonyl (C=O) groups is 1. The highest BCUT2D eigenvalue weighted by atomic mass is 16.6. The number of nitro groups is 1. The number of nitrogens with zero attached hydrogens (tertiary/aromatic N) is 1. The van der Waals surface area contributed by atoms with E-state index in [0.717, 1.165) is 0 Å². The van der Waals surface area contributed by atoms with E-state index in [1.54, 1.807) is 19.2 Å². The molecule has 0 aliphatic carbocycles. The molecular formula is C18H19NO7. The molecule has 0 aliphatic heterocycles. The smallest absolute Gasteiger partial charge is 0.338 e. The fourth-order valence-electron chi connectivity index (χ4n) is 2.21. The highest BCUT2D eigenvalue weighted by molar-refractivity contribution is 5.90. The summed E-state index contributed by atoms with van der Waals surface area (Å²) >= 11 is 0. The van der Waals surface area contributed by atoms with Crippen LogP contribution in [-0.2, 0) is 9.47 Å². The van der Waals surface area contributed by atoms with Gasteiger partial charge in [-0.3, -0.25) is 10.1 Å². The number of nitro benzene ring substituents is 1. The fraction of sp³-hybridized carbons (Fsp3) is 0.278. The van der Waals surface area contributed by atoms with Crippen LogP contribution in [0.4, 0.5) is 5.69 Å². The molecule has 8 nitrogen and oxygen atoms in total. The molecule has 2 aromatic carbocycles. The van der Waals surface area contributed by atoms with Crippen molar-refractivity contribution < 1.29 is 28.7 Å². The molecule has 138 valence electrons. The number of ether oxygens (including phenoxy) is 4. The summed E-state index contributed by atoms with van der Waals surface area (Å²) in [6.07, 6.45) is -0.236. The summed E-state index contributed by atoms with van der Waals surface area (Å²) in [5, 5.41) is 10.7. The van der Waals surface area contributed by atoms with E-state index in [2.05, 4.69) is 0 Å². The van der Waals surface area contributed by atoms with Crippen molar-refractivity contribution in [2.75, 3.05) is 20.8 Å². The highest BCUT2D eigenvalue weighted by Crippen LogP contribution is 2.29. The zero-order valence-corrected chi connectivity index (χ0v) is 14.6. The van der Waals surface area contributed by atoms with Crippen molar-refractivity contribution in [3.63, 3.8) is 0 Å². The number of methoxy groups -OCH3 is 2. The molecule has 0 aromatic heterocycles. The molecule has 0 unspecified atom stereocenters. The Labute approximate surface area is 150 Å². The van der Waals surface area contributed by atoms with Gasteiger partial charge in [0.25, 0.3) is 5.69 Å². The van der Waals surface area contributed by atoms with Crippen molar-refractivity contribution in [3.8, 4) is 17.2 Å². The van der Waals surface area contributed by atoms with Crippen LogP contribution in [0.2, 0.25) is 0 Å². The molecule has 0 saturated heterocycles. The Morgan fingerprint density at radius 3 is 2.31 bits per heavy atom. The van der Waals surface area contributed by atoms with E-state index in [0.29, 0.717) is 23.9 Å². The lowest BCUT2D eigenvalue weighted by Crippen LogP contribution is -2.18. The quantitative estimate of drug-likeness (QED) is 0.402. The second kappa shape index (κ2) is 8.82. The summed E-state index contributed by atoms with van der Waals surface area (Å²) in [7, 11) is 2.84. The Kier molecular flexibility index (Phi) is 6.51. The first-order valence-corrected chi connectivity index (χ1v) is 7.74. The van der Waals surface area contributed by atoms with Gasteiger partial charge in [0.1, 0.15) is 23.4 Å². The lowest BCUT2D eigenvalue weighted by molar-refractivity contribution is -0.384. The number of benzene rings is 2. The second-order valence-electron chi connectivity index (χ2n) is 5.42. The SMILES string of the molecule is COC[C@H](C)Oc1cc(Oc2ccc([N+](=O)[O-])cc2)cc(C(=O)OC)c1. The molecule has 0 N–H and O–H groups in total. The Bertz CT molecular complexity index is 774. The molecule has 0 fully saturated rings. The molecule has 2 aromatic rings. The van der Waals surface area contributed by atoms with Crippen molar-refractivity contribution in [1.82, 2.24) is 0 Å². The lowest BCUT2D eigenvalue weighted by Gasteiger charge is -2.16. The van der Waals surface area contributed by atoms with Gasteiger partial charge in [-0.25, -0.2) is 4.79 Å². The van der Waals surface area contributed by atoms with Gasteiger partial charge in [-0.1, -0.05) is 0 Å². The van der Waals surface area contributed by atoms with E-state index in [9.17, 15) is 14.9 Å². The fourth-order valence-corrected chi connectivity index (χ4v) is 2.21. The Morgan fingerprint density at radius 1 is 1.08 bits per heavy atom. The number of rotatable bonds is 8. The first-order valence-electron chi connectivity index (χ1n) is 7.74. The largest absolute Gasteiger partial charge is 0.488 e. The van der Waals surface area contributed by atoms with Crippen LogP contribution in [0.25, 0.3) is 0 Å². The van der Waals surface area contributed by atoms with Crippen molar-refractivity contribution in [2.45, 2.75) is 13.0 Å². The average molecular weight is 361 g/mol. The third-order valence-electron chi connectivity index (χ3n) is 3.32. The van der Waals surface area contributed by atoms with Gasteiger partial charge in [-0.05, 0) is 31.2 Å². The molecule has 8 heteroatoms. The second-order valence-corrected chi connectivity index (χ2v) is 5.42. The van der Waals surface area contributed by atoms with Crippen molar-refractivity contribution >= 4 is 11.7 Å². The molecular weight excluding hydrogens is 342 g/mol. The Morgan fingerprint density at radius 2 is 1.73 bits per heavy atom. The topological polar surface area (TPSA) is 97.1 Å². The predicted octanol–water partition coefficient (Wildman–Crippen LogP) is 3.59. The molecule has 0 saturated carbocycles. The third-order valence-corrected chi connectivity index (χ3v) is 3.32. The maximum Gasteiger partial charge on any atom is 0.338 e. The molecule has 0 bridgehead atoms. The van der Waals surface area contributed by atoms with Gasteiger partial charge < -0.3 is 18.9 Å². The van der Waals surface area contributed by atoms with Gasteiger partial charge >= 0.3 is 5.97 Å². The normalized spacial score (nSPS) is 11.5. The minimum absolute atomic E-state index is 0.0434. The molecule has 1 atom stereocenters. The maximum atomic E-state index is 11.9. The standard InChI is InChI=1S/C18H19NO7/c1-12(11-23-2)25-16-8-13(18(20)24-3)9-17(10-16)26-15-6-4-14(5-7-15)19(21)22/h4-10,12H,11H2,1-3H3/t12-/m0/s1. The molecule has 0 amide bonds. The maximum absolute atomic E-state index is 11.9. The number of esters is 1. The Balaban J connectivity index is 2.27. The summed E-state index contributed by atoms with van der Waals surface area (Å²) in [5.41, 5.74) is 0.213. The summed E-state index contributed by atoms with van der Waals surface area (Å²) in [5.74, 6) is 0.590. The lowest BCUT2D eigenvalue weighted by atomic mass is 10.2. The van der Waals surface area contributed by atoms with E-state index in [-0.39, 0.29) is 17.4 Å². The van der Waals surface area contributed by atoms with Crippen LogP contribution in [-0.4, -0.2) is 37.8 Å². The van der Waals surface area contributed by atoms with Crippen molar-refractivity contribution in [3.05, 3.63) is 58.1 Å². The zero-order valence-electron chi connectivity index (χ0n) is 14.6. The van der Waals surface area contributed by atoms with Gasteiger partial charge in [0, 0.05) is 25.3 Å². The van der Waals surface area contributed by atoms with Crippen LogP contribution >= 0.6 is 0 Å². The van der Waals surface area contributed by atoms with Crippen LogP contribution in [0.3, 0.4) is 0 Å². The number of hydrogen-bond donors (Lipinski definition) is 0. The monoisotopic (exact) mass is 361 g/mol. The van der Waals surface area contributed by atoms with Crippen LogP contribution in [0.15, 0.2) is 42.5 Å². The summed E-state index contributed by atoms with van der Waals surface area (Å²) in [4.78, 5) is 22.1. The predicted molar refractivity (Wildman–Crippen MR) is 92.9 cm³/mol. The zero-order chi connectivity index (χ0) is 19.1. The minimum Gasteiger partial charge on any atom is -0.488 e. The number of non-ortho nitro benzene ring substituents is 1. The summed E-state index contributed by atoms with van der Waals surface area (Å²) in [6, 6.07) is 10.3. The van der Waals surface area contributed by atoms with E-state index < -0.39 is 10.9 Å². The van der Waals surface area contributed by atoms with Gasteiger partial charge in [-0.2, -0.15) is 0 Å². The van der Waals surface area contributed by atoms with E-state index in [1.165, 1.54) is 37.4 Å². The van der Waals surface area contributed by atoms with Gasteiger partial charge in [0.15, 0.2) is 0 Å². The molecule has 0 radical (unpaired) electrons. The van der Waals surface area contributed by atoms with Crippen LogP contribution in [0, 0.1) is 10.1 Å². The average Bonchev–Trinajstić information content (AvgIpc) is 2.61. The van der Waals surface area contributed by atoms with Crippen molar-refractivity contribution in [1.29, 1.82) is 0 Å². The summed E-state index contributed by atoms with van der Waals surface area (Å²) in [6.45, 7) is 2.20. The van der Waals surface area contributed by atoms with E-state index >= 15 is 0 Å². The van der Waals surface area contributed by atoms with Crippen LogP contribution in [0.5, 0.6) is 17.2 Å². The first-order chi connectivity index (χ1) is 12.4. The molecule has 0 spiro atoms. The number of carbonyl (C=O) groups excluding carboxylic acids is 1. The minimum atomic E-state index is -0.539.